The molecule has 0 aliphatic rings. The van der Waals surface area contributed by atoms with Gasteiger partial charge in [0.25, 0.3) is 0 Å². The molecule has 25 heteroatoms. The van der Waals surface area contributed by atoms with Gasteiger partial charge in [0.2, 0.25) is 0 Å². The van der Waals surface area contributed by atoms with Crippen molar-refractivity contribution in [3.05, 3.63) is 0 Å². The Morgan fingerprint density at radius 3 is 0.388 bits per heavy atom. The summed E-state index contributed by atoms with van der Waals surface area (Å²) in [4.78, 5) is 112. The Morgan fingerprint density at radius 1 is 0.327 bits per heavy atom. The smallest absolute Gasteiger partial charge is 0.550 e. The second kappa shape index (κ2) is 50.6. The van der Waals surface area contributed by atoms with E-state index in [-0.39, 0.29) is 74.2 Å². The summed E-state index contributed by atoms with van der Waals surface area (Å²) in [5.41, 5.74) is 0. The van der Waals surface area contributed by atoms with Gasteiger partial charge >= 0.3 is 23.9 Å². The number of carbonyl (C=O) groups excluding carboxylic acids is 12. The zero-order valence-corrected chi connectivity index (χ0v) is 28.7. The predicted molar refractivity (Wildman–Crippen MR) is 145 cm³/mol. The van der Waals surface area contributed by atoms with Gasteiger partial charge in [-0.1, -0.05) is 0 Å². The maximum absolute atomic E-state index is 9.54. The Balaban J connectivity index is -0.0000000543. The van der Waals surface area contributed by atoms with E-state index >= 15 is 0 Å². The summed E-state index contributed by atoms with van der Waals surface area (Å²) in [7, 11) is 0. The van der Waals surface area contributed by atoms with Crippen LogP contribution in [0.5, 0.6) is 0 Å². The van der Waals surface area contributed by atoms with Crippen LogP contribution in [-0.4, -0.2) is 188 Å². The quantitative estimate of drug-likeness (QED) is 0.0669. The van der Waals surface area contributed by atoms with Gasteiger partial charge in [0.1, 0.15) is 48.8 Å². The fraction of sp³-hybridized carbons (Fsp3) is 0.500. The third-order valence-corrected chi connectivity index (χ3v) is 2.52. The van der Waals surface area contributed by atoms with Crippen molar-refractivity contribution >= 4 is 98.1 Å². The summed E-state index contributed by atoms with van der Waals surface area (Å²) in [6.07, 6.45) is -11.8. The summed E-state index contributed by atoms with van der Waals surface area (Å²) in [5, 5.41) is 102. The summed E-state index contributed by atoms with van der Waals surface area (Å²) in [5.74, 6) is -4.33. The van der Waals surface area contributed by atoms with Crippen molar-refractivity contribution in [2.75, 3.05) is 0 Å². The molecule has 0 aliphatic carbocycles. The van der Waals surface area contributed by atoms with Gasteiger partial charge in [-0.3, -0.25) is 0 Å². The molecule has 0 bridgehead atoms. The molecule has 0 heterocycles. The van der Waals surface area contributed by atoms with Crippen molar-refractivity contribution in [2.45, 2.75) is 76.5 Å². The Kier molecular flexibility index (Phi) is 69.1. The van der Waals surface area contributed by atoms with E-state index in [2.05, 4.69) is 0 Å². The van der Waals surface area contributed by atoms with E-state index in [9.17, 15) is 38.4 Å². The molecule has 0 rings (SSSR count). The molecule has 0 radical (unpaired) electrons. The van der Waals surface area contributed by atoms with Gasteiger partial charge < -0.3 is 119 Å². The monoisotopic (exact) mass is 828 g/mol. The van der Waals surface area contributed by atoms with Crippen LogP contribution in [0.15, 0.2) is 0 Å². The SMILES string of the molecule is CC(=O)[O-].CC(=O)[O-].CC(=O)[O-].CC(=O)[O-].O=CC(O)C(O)C=O.O=CC(O)C(O)C=O.O=CC(O)C(O)C=O.O=CC(O)C(O)C=O.[Sn+4]. The van der Waals surface area contributed by atoms with Crippen LogP contribution >= 0.6 is 0 Å². The third-order valence-electron chi connectivity index (χ3n) is 2.52. The van der Waals surface area contributed by atoms with Crippen molar-refractivity contribution in [1.29, 1.82) is 0 Å². The van der Waals surface area contributed by atoms with Crippen LogP contribution in [-0.2, 0) is 57.5 Å². The zero-order valence-electron chi connectivity index (χ0n) is 25.8. The van der Waals surface area contributed by atoms with E-state index in [1.807, 2.05) is 0 Å². The molecular weight excluding hydrogens is 791 g/mol. The molecule has 0 aliphatic heterocycles. The second-order valence-electron chi connectivity index (χ2n) is 6.98. The Bertz CT molecular complexity index is 704. The standard InChI is InChI=1S/4C4H6O4.4C2H4O2.Sn/c4*5-1-3(7)4(8)2-6;4*1-2(3)4;/h4*1-4,7-8H;4*1H3,(H,3,4);/q;;;;;;;;+4/p-4. The van der Waals surface area contributed by atoms with Crippen molar-refractivity contribution in [3.63, 3.8) is 0 Å². The van der Waals surface area contributed by atoms with E-state index in [0.717, 1.165) is 27.7 Å². The molecule has 0 saturated heterocycles. The van der Waals surface area contributed by atoms with Crippen LogP contribution in [0.4, 0.5) is 0 Å². The van der Waals surface area contributed by atoms with Gasteiger partial charge in [-0.25, -0.2) is 0 Å². The second-order valence-corrected chi connectivity index (χ2v) is 6.98. The van der Waals surface area contributed by atoms with Gasteiger partial charge in [0, 0.05) is 23.9 Å². The number of aliphatic carboxylic acids is 4. The van der Waals surface area contributed by atoms with Crippen molar-refractivity contribution in [3.8, 4) is 0 Å². The number of carboxylic acid groups (broad SMARTS) is 4. The maximum atomic E-state index is 9.54. The molecule has 8 unspecified atom stereocenters. The summed E-state index contributed by atoms with van der Waals surface area (Å²) in [6, 6.07) is 0. The minimum atomic E-state index is -1.58. The number of hydrogen-bond donors (Lipinski definition) is 8. The van der Waals surface area contributed by atoms with Crippen LogP contribution in [0.25, 0.3) is 0 Å². The molecular formula is C24H36O24Sn. The number of carbonyl (C=O) groups is 12. The average Bonchev–Trinajstić information content (AvgIpc) is 3.01. The third kappa shape index (κ3) is 99.0. The molecule has 8 N–H and O–H groups in total. The molecule has 280 valence electrons. The van der Waals surface area contributed by atoms with Crippen LogP contribution in [0.1, 0.15) is 27.7 Å². The van der Waals surface area contributed by atoms with Crippen molar-refractivity contribution in [1.82, 2.24) is 0 Å². The molecule has 0 spiro atoms. The fourth-order valence-corrected chi connectivity index (χ4v) is 0.644. The largest absolute Gasteiger partial charge is 4.00 e. The van der Waals surface area contributed by atoms with E-state index in [0.29, 0.717) is 0 Å². The summed E-state index contributed by atoms with van der Waals surface area (Å²) >= 11 is 0. The Morgan fingerprint density at radius 2 is 0.367 bits per heavy atom. The molecule has 0 aromatic heterocycles. The van der Waals surface area contributed by atoms with Crippen LogP contribution in [0.2, 0.25) is 0 Å². The van der Waals surface area contributed by atoms with E-state index in [1.54, 1.807) is 0 Å². The number of rotatable bonds is 12. The van der Waals surface area contributed by atoms with E-state index in [4.69, 9.17) is 80.5 Å². The molecule has 0 amide bonds. The Hall–Kier alpha value is -4.28. The number of aldehydes is 8. The van der Waals surface area contributed by atoms with Gasteiger partial charge in [-0.05, 0) is 27.7 Å². The first-order valence-electron chi connectivity index (χ1n) is 11.6. The van der Waals surface area contributed by atoms with E-state index < -0.39 is 72.7 Å². The molecule has 0 saturated carbocycles. The summed E-state index contributed by atoms with van der Waals surface area (Å²) < 4.78 is 0. The molecule has 0 aromatic carbocycles. The Labute approximate surface area is 293 Å². The van der Waals surface area contributed by atoms with Gasteiger partial charge in [0.05, 0.1) is 0 Å². The maximum Gasteiger partial charge on any atom is 4.00 e. The van der Waals surface area contributed by atoms with Gasteiger partial charge in [-0.15, -0.1) is 0 Å². The van der Waals surface area contributed by atoms with Crippen molar-refractivity contribution < 1.29 is 119 Å². The number of carboxylic acids is 4. The van der Waals surface area contributed by atoms with Crippen molar-refractivity contribution in [2.24, 2.45) is 0 Å². The molecule has 24 nitrogen and oxygen atoms in total. The molecule has 0 fully saturated rings. The fourth-order valence-electron chi connectivity index (χ4n) is 0.644. The average molecular weight is 827 g/mol. The predicted octanol–water partition coefficient (Wildman–Crippen LogP) is -12.9. The van der Waals surface area contributed by atoms with Crippen LogP contribution < -0.4 is 20.4 Å². The van der Waals surface area contributed by atoms with Gasteiger partial charge in [0.15, 0.2) is 50.3 Å². The molecule has 8 atom stereocenters. The minimum Gasteiger partial charge on any atom is -0.550 e. The first-order chi connectivity index (χ1) is 21.8. The first-order valence-corrected chi connectivity index (χ1v) is 11.6. The molecule has 49 heavy (non-hydrogen) atoms. The number of aliphatic hydroxyl groups is 8. The zero-order chi connectivity index (χ0) is 40.6. The summed E-state index contributed by atoms with van der Waals surface area (Å²) in [6.45, 7) is 3.89. The number of aliphatic hydroxyl groups excluding tert-OH is 8. The topological polar surface area (TPSA) is 459 Å². The number of hydrogen-bond acceptors (Lipinski definition) is 24. The van der Waals surface area contributed by atoms with Crippen LogP contribution in [0.3, 0.4) is 0 Å². The minimum absolute atomic E-state index is 0. The normalized spacial score (nSPS) is 13.0. The van der Waals surface area contributed by atoms with E-state index in [1.165, 1.54) is 0 Å². The molecule has 0 aromatic rings. The van der Waals surface area contributed by atoms with Crippen LogP contribution in [0, 0.1) is 0 Å². The van der Waals surface area contributed by atoms with Gasteiger partial charge in [-0.2, -0.15) is 0 Å². The first kappa shape index (κ1) is 67.0.